The van der Waals surface area contributed by atoms with Gasteiger partial charge in [0.15, 0.2) is 9.84 Å². The average molecular weight is 556 g/mol. The Morgan fingerprint density at radius 3 is 2.58 bits per heavy atom. The lowest BCUT2D eigenvalue weighted by atomic mass is 9.99. The van der Waals surface area contributed by atoms with Crippen LogP contribution < -0.4 is 10.9 Å². The Bertz CT molecular complexity index is 1450. The van der Waals surface area contributed by atoms with Crippen LogP contribution in [0.3, 0.4) is 0 Å². The van der Waals surface area contributed by atoms with Crippen molar-refractivity contribution >= 4 is 46.7 Å². The van der Waals surface area contributed by atoms with Crippen LogP contribution >= 0.6 is 0 Å². The summed E-state index contributed by atoms with van der Waals surface area (Å²) in [4.78, 5) is 22.3. The SMILES string of the molecule is Cc1cc2cnc(NC3CCN(S(=O)(=S)C4CCS(=O)(=O)C4)CC3)nc2n([C@@H]2CCC[C@@]2(C)O)c1=O. The highest BCUT2D eigenvalue weighted by Gasteiger charge is 2.40. The highest BCUT2D eigenvalue weighted by molar-refractivity contribution is 8.32. The highest BCUT2D eigenvalue weighted by Crippen LogP contribution is 2.39. The molecule has 2 N–H and O–H groups in total. The van der Waals surface area contributed by atoms with Gasteiger partial charge in [0.05, 0.1) is 37.1 Å². The third-order valence-electron chi connectivity index (χ3n) is 7.90. The first kappa shape index (κ1) is 26.0. The van der Waals surface area contributed by atoms with Gasteiger partial charge in [-0.25, -0.2) is 21.9 Å². The van der Waals surface area contributed by atoms with Gasteiger partial charge in [0.25, 0.3) is 5.56 Å². The van der Waals surface area contributed by atoms with Gasteiger partial charge < -0.3 is 10.4 Å². The number of hydrogen-bond acceptors (Lipinski definition) is 9. The number of piperidine rings is 1. The summed E-state index contributed by atoms with van der Waals surface area (Å²) in [6.07, 6.45) is 5.56. The number of pyridine rings is 1. The minimum absolute atomic E-state index is 0.0245. The number of nitrogens with one attached hydrogen (secondary N) is 1. The van der Waals surface area contributed by atoms with Crippen LogP contribution in [0.2, 0.25) is 0 Å². The Hall–Kier alpha value is -1.67. The normalized spacial score (nSPS) is 31.0. The quantitative estimate of drug-likeness (QED) is 0.560. The van der Waals surface area contributed by atoms with Crippen LogP contribution in [0.25, 0.3) is 11.0 Å². The van der Waals surface area contributed by atoms with Gasteiger partial charge in [-0.15, -0.1) is 0 Å². The molecule has 1 saturated carbocycles. The van der Waals surface area contributed by atoms with Crippen molar-refractivity contribution in [3.63, 3.8) is 0 Å². The lowest BCUT2D eigenvalue weighted by Gasteiger charge is -2.35. The Kier molecular flexibility index (Phi) is 6.68. The Labute approximate surface area is 216 Å². The summed E-state index contributed by atoms with van der Waals surface area (Å²) >= 11 is 5.45. The Morgan fingerprint density at radius 2 is 1.97 bits per heavy atom. The van der Waals surface area contributed by atoms with Crippen molar-refractivity contribution in [3.8, 4) is 0 Å². The summed E-state index contributed by atoms with van der Waals surface area (Å²) in [5, 5.41) is 14.5. The molecule has 2 aliphatic heterocycles. The fourth-order valence-corrected chi connectivity index (χ4v) is 11.6. The summed E-state index contributed by atoms with van der Waals surface area (Å²) in [5.41, 5.74) is -0.0404. The number of nitrogens with zero attached hydrogens (tertiary/aromatic N) is 4. The number of anilines is 1. The molecule has 4 atom stereocenters. The van der Waals surface area contributed by atoms with Crippen LogP contribution in [0.15, 0.2) is 17.1 Å². The maximum absolute atomic E-state index is 13.3. The maximum atomic E-state index is 13.3. The van der Waals surface area contributed by atoms with Crippen LogP contribution in [-0.2, 0) is 29.7 Å². The highest BCUT2D eigenvalue weighted by atomic mass is 32.8. The van der Waals surface area contributed by atoms with E-state index in [4.69, 9.17) is 16.2 Å². The minimum Gasteiger partial charge on any atom is -0.388 e. The number of aryl methyl sites for hydroxylation is 1. The zero-order valence-electron chi connectivity index (χ0n) is 20.6. The van der Waals surface area contributed by atoms with Crippen molar-refractivity contribution in [2.75, 3.05) is 29.9 Å². The van der Waals surface area contributed by atoms with E-state index in [-0.39, 0.29) is 29.1 Å². The average Bonchev–Trinajstić information content (AvgIpc) is 3.36. The van der Waals surface area contributed by atoms with Crippen LogP contribution in [-0.4, -0.2) is 78.1 Å². The van der Waals surface area contributed by atoms with Gasteiger partial charge in [0.2, 0.25) is 5.95 Å². The Balaban J connectivity index is 1.34. The second-order valence-corrected chi connectivity index (χ2v) is 16.5. The predicted molar refractivity (Wildman–Crippen MR) is 143 cm³/mol. The summed E-state index contributed by atoms with van der Waals surface area (Å²) in [6.45, 7) is 4.54. The first-order chi connectivity index (χ1) is 16.9. The van der Waals surface area contributed by atoms with E-state index in [9.17, 15) is 22.5 Å². The molecule has 4 heterocycles. The molecule has 36 heavy (non-hydrogen) atoms. The second-order valence-electron chi connectivity index (χ2n) is 10.6. The van der Waals surface area contributed by atoms with E-state index in [0.717, 1.165) is 11.8 Å². The molecule has 2 saturated heterocycles. The van der Waals surface area contributed by atoms with E-state index in [2.05, 4.69) is 10.3 Å². The molecule has 3 fully saturated rings. The van der Waals surface area contributed by atoms with Crippen LogP contribution in [0.1, 0.15) is 57.1 Å². The van der Waals surface area contributed by atoms with Crippen LogP contribution in [0, 0.1) is 6.92 Å². The monoisotopic (exact) mass is 555 g/mol. The fraction of sp³-hybridized carbons (Fsp3) is 0.696. The number of aliphatic hydroxyl groups is 1. The summed E-state index contributed by atoms with van der Waals surface area (Å²) < 4.78 is 40.4. The molecule has 5 rings (SSSR count). The molecule has 0 bridgehead atoms. The van der Waals surface area contributed by atoms with Crippen molar-refractivity contribution in [1.29, 1.82) is 0 Å². The van der Waals surface area contributed by atoms with Crippen molar-refractivity contribution in [1.82, 2.24) is 18.8 Å². The van der Waals surface area contributed by atoms with E-state index < -0.39 is 29.4 Å². The molecule has 3 aliphatic rings. The fourth-order valence-electron chi connectivity index (χ4n) is 5.80. The zero-order chi connectivity index (χ0) is 25.9. The molecule has 0 amide bonds. The zero-order valence-corrected chi connectivity index (χ0v) is 23.0. The molecule has 0 spiro atoms. The van der Waals surface area contributed by atoms with Crippen LogP contribution in [0.4, 0.5) is 5.95 Å². The van der Waals surface area contributed by atoms with E-state index in [1.54, 1.807) is 35.0 Å². The van der Waals surface area contributed by atoms with E-state index >= 15 is 0 Å². The van der Waals surface area contributed by atoms with Gasteiger partial charge in [0, 0.05) is 36.3 Å². The van der Waals surface area contributed by atoms with Gasteiger partial charge >= 0.3 is 0 Å². The first-order valence-corrected chi connectivity index (χ1v) is 16.8. The topological polar surface area (TPSA) is 134 Å². The summed E-state index contributed by atoms with van der Waals surface area (Å²) in [7, 11) is -5.98. The number of sulfone groups is 1. The van der Waals surface area contributed by atoms with Crippen LogP contribution in [0.5, 0.6) is 0 Å². The van der Waals surface area contributed by atoms with Gasteiger partial charge in [-0.3, -0.25) is 9.36 Å². The summed E-state index contributed by atoms with van der Waals surface area (Å²) in [5.74, 6) is 0.369. The molecule has 0 radical (unpaired) electrons. The van der Waals surface area contributed by atoms with Gasteiger partial charge in [0.1, 0.15) is 5.65 Å². The smallest absolute Gasteiger partial charge is 0.255 e. The standard InChI is InChI=1S/C23H33N5O5S3/c1-15-12-16-13-24-22(26-20(16)28(21(15)29)19-4-3-8-23(19,2)30)25-17-5-9-27(10-6-17)36(33,34)18-7-11-35(31,32)14-18/h12-13,17-19,30H,3-11,14H2,1-2H3,(H,24,25,26)/t18?,19-,23-,36?/m1/s1. The second kappa shape index (κ2) is 9.26. The maximum Gasteiger partial charge on any atom is 0.255 e. The van der Waals surface area contributed by atoms with E-state index in [0.29, 0.717) is 62.4 Å². The van der Waals surface area contributed by atoms with Gasteiger partial charge in [-0.2, -0.15) is 4.98 Å². The molecule has 1 aliphatic carbocycles. The van der Waals surface area contributed by atoms with Crippen molar-refractivity contribution in [2.24, 2.45) is 0 Å². The number of rotatable bonds is 5. The number of hydrogen-bond donors (Lipinski definition) is 2. The van der Waals surface area contributed by atoms with Crippen molar-refractivity contribution < 1.29 is 17.7 Å². The molecule has 2 aromatic heterocycles. The number of aromatic nitrogens is 3. The van der Waals surface area contributed by atoms with Gasteiger partial charge in [-0.1, -0.05) is 0 Å². The molecule has 198 valence electrons. The third-order valence-corrected chi connectivity index (χ3v) is 13.7. The van der Waals surface area contributed by atoms with Gasteiger partial charge in [-0.05, 0) is 69.6 Å². The van der Waals surface area contributed by atoms with Crippen molar-refractivity contribution in [2.45, 2.75) is 75.3 Å². The number of fused-ring (bicyclic) bond motifs is 1. The lowest BCUT2D eigenvalue weighted by molar-refractivity contribution is 0.0266. The lowest BCUT2D eigenvalue weighted by Crippen LogP contribution is -2.46. The molecule has 2 unspecified atom stereocenters. The first-order valence-electron chi connectivity index (χ1n) is 12.4. The molecule has 0 aromatic carbocycles. The largest absolute Gasteiger partial charge is 0.388 e. The third kappa shape index (κ3) is 4.80. The van der Waals surface area contributed by atoms with E-state index in [1.807, 2.05) is 0 Å². The molecule has 13 heteroatoms. The minimum atomic E-state index is -3.15. The molecule has 10 nitrogen and oxygen atoms in total. The Morgan fingerprint density at radius 1 is 1.25 bits per heavy atom. The predicted octanol–water partition coefficient (Wildman–Crippen LogP) is 1.30. The summed E-state index contributed by atoms with van der Waals surface area (Å²) in [6, 6.07) is 1.46. The molecule has 2 aromatic rings. The molecular weight excluding hydrogens is 522 g/mol. The molecular formula is C23H33N5O5S3. The van der Waals surface area contributed by atoms with E-state index in [1.165, 1.54) is 0 Å². The van der Waals surface area contributed by atoms with Crippen molar-refractivity contribution in [3.05, 3.63) is 28.2 Å².